The standard InChI is InChI=1S/C14H12N2O4S/c1-8-3-4-11(5-9(8)2)21-13-12(16(19)20)6-10(7-15-13)14(17)18/h3-7H,1-2H3,(H,17,18). The Morgan fingerprint density at radius 2 is 2.00 bits per heavy atom. The van der Waals surface area contributed by atoms with Crippen molar-refractivity contribution in [3.8, 4) is 0 Å². The first-order valence-electron chi connectivity index (χ1n) is 6.01. The number of benzene rings is 1. The smallest absolute Gasteiger partial charge is 0.337 e. The van der Waals surface area contributed by atoms with Crippen LogP contribution in [0.4, 0.5) is 5.69 Å². The van der Waals surface area contributed by atoms with Crippen LogP contribution in [0.5, 0.6) is 0 Å². The Kier molecular flexibility index (Phi) is 4.23. The Bertz CT molecular complexity index is 731. The van der Waals surface area contributed by atoms with Crippen molar-refractivity contribution in [1.82, 2.24) is 4.98 Å². The fourth-order valence-electron chi connectivity index (χ4n) is 1.66. The molecule has 6 nitrogen and oxygen atoms in total. The number of nitro groups is 1. The van der Waals surface area contributed by atoms with Gasteiger partial charge in [0.15, 0.2) is 5.03 Å². The molecule has 2 rings (SSSR count). The highest BCUT2D eigenvalue weighted by atomic mass is 32.2. The van der Waals surface area contributed by atoms with Crippen LogP contribution in [0.3, 0.4) is 0 Å². The van der Waals surface area contributed by atoms with E-state index in [4.69, 9.17) is 5.11 Å². The van der Waals surface area contributed by atoms with Crippen LogP contribution < -0.4 is 0 Å². The maximum absolute atomic E-state index is 11.1. The number of rotatable bonds is 4. The van der Waals surface area contributed by atoms with Gasteiger partial charge in [0.05, 0.1) is 10.5 Å². The second kappa shape index (κ2) is 5.92. The van der Waals surface area contributed by atoms with Crippen molar-refractivity contribution in [2.75, 3.05) is 0 Å². The van der Waals surface area contributed by atoms with Crippen molar-refractivity contribution >= 4 is 23.4 Å². The number of nitrogens with zero attached hydrogens (tertiary/aromatic N) is 2. The number of pyridine rings is 1. The first-order chi connectivity index (χ1) is 9.88. The average molecular weight is 304 g/mol. The molecule has 1 aromatic heterocycles. The molecule has 1 aromatic carbocycles. The maximum Gasteiger partial charge on any atom is 0.337 e. The Morgan fingerprint density at radius 3 is 2.57 bits per heavy atom. The minimum Gasteiger partial charge on any atom is -0.478 e. The monoisotopic (exact) mass is 304 g/mol. The zero-order valence-electron chi connectivity index (χ0n) is 11.4. The van der Waals surface area contributed by atoms with Crippen LogP contribution in [0.2, 0.25) is 0 Å². The molecule has 0 atom stereocenters. The van der Waals surface area contributed by atoms with Crippen LogP contribution in [0.25, 0.3) is 0 Å². The van der Waals surface area contributed by atoms with Gasteiger partial charge in [-0.2, -0.15) is 0 Å². The Morgan fingerprint density at radius 1 is 1.29 bits per heavy atom. The quantitative estimate of drug-likeness (QED) is 0.686. The summed E-state index contributed by atoms with van der Waals surface area (Å²) >= 11 is 1.14. The van der Waals surface area contributed by atoms with Crippen LogP contribution in [0, 0.1) is 24.0 Å². The summed E-state index contributed by atoms with van der Waals surface area (Å²) in [6.45, 7) is 3.93. The molecule has 0 aliphatic rings. The third-order valence-electron chi connectivity index (χ3n) is 2.97. The normalized spacial score (nSPS) is 10.4. The van der Waals surface area contributed by atoms with Gasteiger partial charge >= 0.3 is 11.7 Å². The van der Waals surface area contributed by atoms with E-state index in [1.54, 1.807) is 0 Å². The van der Waals surface area contributed by atoms with E-state index in [0.29, 0.717) is 0 Å². The number of aromatic carboxylic acids is 1. The molecular weight excluding hydrogens is 292 g/mol. The predicted octanol–water partition coefficient (Wildman–Crippen LogP) is 3.46. The number of carbonyl (C=O) groups is 1. The zero-order chi connectivity index (χ0) is 15.6. The van der Waals surface area contributed by atoms with Crippen molar-refractivity contribution < 1.29 is 14.8 Å². The molecule has 1 heterocycles. The molecule has 0 fully saturated rings. The molecule has 7 heteroatoms. The summed E-state index contributed by atoms with van der Waals surface area (Å²) < 4.78 is 0. The van der Waals surface area contributed by atoms with Gasteiger partial charge in [0.25, 0.3) is 0 Å². The SMILES string of the molecule is Cc1ccc(Sc2ncc(C(=O)O)cc2[N+](=O)[O-])cc1C. The second-order valence-electron chi connectivity index (χ2n) is 4.46. The average Bonchev–Trinajstić information content (AvgIpc) is 2.43. The third-order valence-corrected chi connectivity index (χ3v) is 3.97. The van der Waals surface area contributed by atoms with E-state index in [9.17, 15) is 14.9 Å². The molecule has 0 aliphatic heterocycles. The minimum absolute atomic E-state index is 0.174. The number of hydrogen-bond acceptors (Lipinski definition) is 5. The molecule has 0 spiro atoms. The predicted molar refractivity (Wildman–Crippen MR) is 77.9 cm³/mol. The summed E-state index contributed by atoms with van der Waals surface area (Å²) in [4.78, 5) is 26.0. The number of aromatic nitrogens is 1. The molecule has 2 aromatic rings. The highest BCUT2D eigenvalue weighted by Gasteiger charge is 2.19. The van der Waals surface area contributed by atoms with Crippen molar-refractivity contribution in [2.24, 2.45) is 0 Å². The summed E-state index contributed by atoms with van der Waals surface area (Å²) in [6, 6.07) is 6.72. The largest absolute Gasteiger partial charge is 0.478 e. The lowest BCUT2D eigenvalue weighted by Gasteiger charge is -2.05. The fourth-order valence-corrected chi connectivity index (χ4v) is 2.59. The summed E-state index contributed by atoms with van der Waals surface area (Å²) in [6.07, 6.45) is 1.12. The second-order valence-corrected chi connectivity index (χ2v) is 5.52. The first kappa shape index (κ1) is 15.0. The third kappa shape index (κ3) is 3.38. The Balaban J connectivity index is 2.41. The Hall–Kier alpha value is -2.41. The lowest BCUT2D eigenvalue weighted by Crippen LogP contribution is -2.01. The van der Waals surface area contributed by atoms with Gasteiger partial charge < -0.3 is 5.11 Å². The van der Waals surface area contributed by atoms with E-state index in [1.807, 2.05) is 32.0 Å². The fraction of sp³-hybridized carbons (Fsp3) is 0.143. The van der Waals surface area contributed by atoms with E-state index in [0.717, 1.165) is 40.0 Å². The Labute approximate surface area is 125 Å². The summed E-state index contributed by atoms with van der Waals surface area (Å²) in [5.74, 6) is -1.24. The van der Waals surface area contributed by atoms with Gasteiger partial charge in [0.2, 0.25) is 0 Å². The van der Waals surface area contributed by atoms with Crippen molar-refractivity contribution in [2.45, 2.75) is 23.8 Å². The molecule has 21 heavy (non-hydrogen) atoms. The van der Waals surface area contributed by atoms with E-state index in [2.05, 4.69) is 4.98 Å². The summed E-state index contributed by atoms with van der Waals surface area (Å²) in [5.41, 5.74) is 1.69. The molecule has 0 unspecified atom stereocenters. The van der Waals surface area contributed by atoms with E-state index < -0.39 is 10.9 Å². The zero-order valence-corrected chi connectivity index (χ0v) is 12.2. The number of carboxylic acids is 1. The first-order valence-corrected chi connectivity index (χ1v) is 6.83. The lowest BCUT2D eigenvalue weighted by molar-refractivity contribution is -0.388. The molecule has 0 bridgehead atoms. The van der Waals surface area contributed by atoms with E-state index in [1.165, 1.54) is 0 Å². The van der Waals surface area contributed by atoms with Crippen molar-refractivity contribution in [3.05, 3.63) is 57.3 Å². The highest BCUT2D eigenvalue weighted by Crippen LogP contribution is 2.34. The molecule has 0 amide bonds. The molecule has 0 saturated carbocycles. The van der Waals surface area contributed by atoms with Gasteiger partial charge in [0.1, 0.15) is 0 Å². The highest BCUT2D eigenvalue weighted by molar-refractivity contribution is 7.99. The number of aryl methyl sites for hydroxylation is 2. The van der Waals surface area contributed by atoms with Crippen LogP contribution in [0.15, 0.2) is 40.4 Å². The van der Waals surface area contributed by atoms with Crippen molar-refractivity contribution in [1.29, 1.82) is 0 Å². The molecule has 108 valence electrons. The van der Waals surface area contributed by atoms with Gasteiger partial charge in [-0.3, -0.25) is 10.1 Å². The number of carboxylic acid groups (broad SMARTS) is 1. The van der Waals surface area contributed by atoms with Gasteiger partial charge in [-0.05, 0) is 37.1 Å². The van der Waals surface area contributed by atoms with Crippen LogP contribution in [0.1, 0.15) is 21.5 Å². The van der Waals surface area contributed by atoms with Crippen LogP contribution >= 0.6 is 11.8 Å². The summed E-state index contributed by atoms with van der Waals surface area (Å²) in [7, 11) is 0. The van der Waals surface area contributed by atoms with E-state index in [-0.39, 0.29) is 16.3 Å². The van der Waals surface area contributed by atoms with Gasteiger partial charge in [-0.1, -0.05) is 17.8 Å². The van der Waals surface area contributed by atoms with E-state index >= 15 is 0 Å². The summed E-state index contributed by atoms with van der Waals surface area (Å²) in [5, 5.41) is 20.1. The molecular formula is C14H12N2O4S. The topological polar surface area (TPSA) is 93.3 Å². The lowest BCUT2D eigenvalue weighted by atomic mass is 10.1. The van der Waals surface area contributed by atoms with Gasteiger partial charge in [-0.15, -0.1) is 0 Å². The van der Waals surface area contributed by atoms with Crippen molar-refractivity contribution in [3.63, 3.8) is 0 Å². The molecule has 1 N–H and O–H groups in total. The van der Waals surface area contributed by atoms with Gasteiger partial charge in [-0.25, -0.2) is 9.78 Å². The molecule has 0 radical (unpaired) electrons. The van der Waals surface area contributed by atoms with Crippen LogP contribution in [-0.4, -0.2) is 21.0 Å². The maximum atomic E-state index is 11.1. The molecule has 0 saturated heterocycles. The van der Waals surface area contributed by atoms with Gasteiger partial charge in [0, 0.05) is 17.2 Å². The number of hydrogen-bond donors (Lipinski definition) is 1. The van der Waals surface area contributed by atoms with Crippen LogP contribution in [-0.2, 0) is 0 Å². The molecule has 0 aliphatic carbocycles. The minimum atomic E-state index is -1.24.